The second kappa shape index (κ2) is 16.4. The topological polar surface area (TPSA) is 63.7 Å². The molecule has 1 aliphatic heterocycles. The van der Waals surface area contributed by atoms with Crippen molar-refractivity contribution in [2.45, 2.75) is 110 Å². The van der Waals surface area contributed by atoms with E-state index in [1.54, 1.807) is 24.3 Å². The third kappa shape index (κ3) is 10.1. The number of imide groups is 1. The molecule has 5 nitrogen and oxygen atoms in total. The molecule has 0 N–H and O–H groups in total. The van der Waals surface area contributed by atoms with Gasteiger partial charge in [-0.05, 0) is 18.6 Å². The molecule has 0 aliphatic carbocycles. The summed E-state index contributed by atoms with van der Waals surface area (Å²) in [7, 11) is 0. The van der Waals surface area contributed by atoms with Gasteiger partial charge in [0.05, 0.1) is 17.7 Å². The molecule has 2 amide bonds. The van der Waals surface area contributed by atoms with Gasteiger partial charge in [0.1, 0.15) is 6.54 Å². The predicted octanol–water partition coefficient (Wildman–Crippen LogP) is 7.09. The highest BCUT2D eigenvalue weighted by atomic mass is 16.5. The molecule has 2 rings (SSSR count). The van der Waals surface area contributed by atoms with E-state index in [2.05, 4.69) is 6.92 Å². The van der Waals surface area contributed by atoms with Crippen LogP contribution in [-0.4, -0.2) is 35.8 Å². The number of rotatable bonds is 19. The number of benzene rings is 1. The first-order valence-electron chi connectivity index (χ1n) is 13.3. The zero-order valence-electron chi connectivity index (χ0n) is 20.6. The molecule has 1 heterocycles. The minimum absolute atomic E-state index is 0.314. The lowest BCUT2D eigenvalue weighted by Crippen LogP contribution is -2.35. The standard InChI is InChI=1S/C28H43NO4/c1-2-3-4-5-6-7-8-9-10-11-12-13-14-15-16-19-22-33-26(30)23-29-27(31)24-20-17-18-21-25(24)28(29)32/h17-18,20-21H,2-16,19,22-23H2,1H3. The highest BCUT2D eigenvalue weighted by Gasteiger charge is 2.36. The minimum Gasteiger partial charge on any atom is -0.464 e. The average molecular weight is 458 g/mol. The van der Waals surface area contributed by atoms with Crippen LogP contribution in [0.3, 0.4) is 0 Å². The van der Waals surface area contributed by atoms with E-state index >= 15 is 0 Å². The van der Waals surface area contributed by atoms with Crippen molar-refractivity contribution in [3.63, 3.8) is 0 Å². The third-order valence-corrected chi connectivity index (χ3v) is 6.43. The van der Waals surface area contributed by atoms with Gasteiger partial charge < -0.3 is 4.74 Å². The molecule has 0 saturated heterocycles. The summed E-state index contributed by atoms with van der Waals surface area (Å²) in [6.45, 7) is 2.30. The second-order valence-electron chi connectivity index (χ2n) is 9.27. The number of amides is 2. The number of ether oxygens (including phenoxy) is 1. The van der Waals surface area contributed by atoms with Gasteiger partial charge in [0, 0.05) is 0 Å². The summed E-state index contributed by atoms with van der Waals surface area (Å²) in [6, 6.07) is 6.64. The summed E-state index contributed by atoms with van der Waals surface area (Å²) in [5.41, 5.74) is 0.709. The smallest absolute Gasteiger partial charge is 0.326 e. The molecular weight excluding hydrogens is 414 g/mol. The number of carbonyl (C=O) groups excluding carboxylic acids is 3. The number of unbranched alkanes of at least 4 members (excludes halogenated alkanes) is 15. The SMILES string of the molecule is CCCCCCCCCCCCCCCCCCOC(=O)CN1C(=O)c2ccccc2C1=O. The summed E-state index contributed by atoms with van der Waals surface area (Å²) in [4.78, 5) is 37.6. The third-order valence-electron chi connectivity index (χ3n) is 6.43. The van der Waals surface area contributed by atoms with E-state index in [4.69, 9.17) is 4.74 Å². The van der Waals surface area contributed by atoms with Gasteiger partial charge in [-0.2, -0.15) is 0 Å². The minimum atomic E-state index is -0.523. The number of hydrogen-bond donors (Lipinski definition) is 0. The summed E-state index contributed by atoms with van der Waals surface area (Å²) in [5, 5.41) is 0. The number of carbonyl (C=O) groups is 3. The highest BCUT2D eigenvalue weighted by molar-refractivity contribution is 6.22. The van der Waals surface area contributed by atoms with Crippen molar-refractivity contribution in [3.8, 4) is 0 Å². The maximum Gasteiger partial charge on any atom is 0.326 e. The second-order valence-corrected chi connectivity index (χ2v) is 9.27. The number of nitrogens with zero attached hydrogens (tertiary/aromatic N) is 1. The van der Waals surface area contributed by atoms with Crippen LogP contribution in [0.5, 0.6) is 0 Å². The Balaban J connectivity index is 1.37. The lowest BCUT2D eigenvalue weighted by Gasteiger charge is -2.13. The van der Waals surface area contributed by atoms with Gasteiger partial charge in [-0.1, -0.05) is 115 Å². The molecule has 33 heavy (non-hydrogen) atoms. The Morgan fingerprint density at radius 2 is 1.06 bits per heavy atom. The molecule has 5 heteroatoms. The predicted molar refractivity (Wildman–Crippen MR) is 132 cm³/mol. The molecule has 0 unspecified atom stereocenters. The first-order valence-corrected chi connectivity index (χ1v) is 13.3. The van der Waals surface area contributed by atoms with Crippen molar-refractivity contribution < 1.29 is 19.1 Å². The Hall–Kier alpha value is -2.17. The summed E-state index contributed by atoms with van der Waals surface area (Å²) in [6.07, 6.45) is 20.8. The number of hydrogen-bond acceptors (Lipinski definition) is 4. The zero-order valence-corrected chi connectivity index (χ0v) is 20.6. The van der Waals surface area contributed by atoms with Crippen LogP contribution in [-0.2, 0) is 9.53 Å². The van der Waals surface area contributed by atoms with Crippen molar-refractivity contribution in [2.75, 3.05) is 13.2 Å². The molecule has 0 aromatic heterocycles. The van der Waals surface area contributed by atoms with Gasteiger partial charge in [0.2, 0.25) is 0 Å². The van der Waals surface area contributed by atoms with Gasteiger partial charge in [-0.25, -0.2) is 0 Å². The monoisotopic (exact) mass is 457 g/mol. The molecule has 1 aromatic rings. The lowest BCUT2D eigenvalue weighted by molar-refractivity contribution is -0.144. The van der Waals surface area contributed by atoms with Crippen molar-refractivity contribution in [2.24, 2.45) is 0 Å². The van der Waals surface area contributed by atoms with Crippen LogP contribution in [0.4, 0.5) is 0 Å². The van der Waals surface area contributed by atoms with Gasteiger partial charge in [0.25, 0.3) is 11.8 Å². The maximum atomic E-state index is 12.3. The van der Waals surface area contributed by atoms with E-state index in [1.807, 2.05) is 0 Å². The van der Waals surface area contributed by atoms with Crippen molar-refractivity contribution in [1.29, 1.82) is 0 Å². The quantitative estimate of drug-likeness (QED) is 0.126. The van der Waals surface area contributed by atoms with Gasteiger partial charge in [0.15, 0.2) is 0 Å². The first kappa shape index (κ1) is 27.1. The summed E-state index contributed by atoms with van der Waals surface area (Å²) >= 11 is 0. The lowest BCUT2D eigenvalue weighted by atomic mass is 10.0. The molecule has 1 aliphatic rings. The van der Waals surface area contributed by atoms with Crippen molar-refractivity contribution in [1.82, 2.24) is 4.90 Å². The van der Waals surface area contributed by atoms with E-state index in [0.29, 0.717) is 17.7 Å². The molecular formula is C28H43NO4. The summed E-state index contributed by atoms with van der Waals surface area (Å²) < 4.78 is 5.23. The number of fused-ring (bicyclic) bond motifs is 1. The molecule has 0 saturated carbocycles. The fourth-order valence-corrected chi connectivity index (χ4v) is 4.39. The molecule has 0 fully saturated rings. The van der Waals surface area contributed by atoms with E-state index in [1.165, 1.54) is 83.5 Å². The molecule has 0 bridgehead atoms. The van der Waals surface area contributed by atoms with Crippen LogP contribution in [0.15, 0.2) is 24.3 Å². The normalized spacial score (nSPS) is 12.9. The molecule has 184 valence electrons. The molecule has 0 atom stereocenters. The largest absolute Gasteiger partial charge is 0.464 e. The van der Waals surface area contributed by atoms with E-state index < -0.39 is 17.8 Å². The highest BCUT2D eigenvalue weighted by Crippen LogP contribution is 2.22. The van der Waals surface area contributed by atoms with Crippen LogP contribution in [0.1, 0.15) is 130 Å². The van der Waals surface area contributed by atoms with E-state index in [9.17, 15) is 14.4 Å². The Morgan fingerprint density at radius 1 is 0.667 bits per heavy atom. The van der Waals surface area contributed by atoms with Gasteiger partial charge >= 0.3 is 5.97 Å². The average Bonchev–Trinajstić information content (AvgIpc) is 3.06. The van der Waals surface area contributed by atoms with Crippen molar-refractivity contribution in [3.05, 3.63) is 35.4 Å². The number of esters is 1. The van der Waals surface area contributed by atoms with Crippen molar-refractivity contribution >= 4 is 17.8 Å². The Bertz CT molecular complexity index is 695. The van der Waals surface area contributed by atoms with Gasteiger partial charge in [-0.15, -0.1) is 0 Å². The Kier molecular flexibility index (Phi) is 13.5. The Labute approximate surface area is 200 Å². The van der Waals surface area contributed by atoms with Crippen LogP contribution < -0.4 is 0 Å². The van der Waals surface area contributed by atoms with Crippen LogP contribution >= 0.6 is 0 Å². The van der Waals surface area contributed by atoms with E-state index in [0.717, 1.165) is 24.2 Å². The van der Waals surface area contributed by atoms with Gasteiger partial charge in [-0.3, -0.25) is 19.3 Å². The first-order chi connectivity index (χ1) is 16.1. The van der Waals surface area contributed by atoms with Crippen LogP contribution in [0, 0.1) is 0 Å². The summed E-state index contributed by atoms with van der Waals surface area (Å²) in [5.74, 6) is -1.37. The maximum absolute atomic E-state index is 12.3. The van der Waals surface area contributed by atoms with E-state index in [-0.39, 0.29) is 6.54 Å². The molecule has 1 aromatic carbocycles. The molecule has 0 spiro atoms. The molecule has 0 radical (unpaired) electrons. The zero-order chi connectivity index (χ0) is 23.7. The van der Waals surface area contributed by atoms with Crippen LogP contribution in [0.25, 0.3) is 0 Å². The fraction of sp³-hybridized carbons (Fsp3) is 0.679. The fourth-order valence-electron chi connectivity index (χ4n) is 4.39. The van der Waals surface area contributed by atoms with Crippen LogP contribution in [0.2, 0.25) is 0 Å². The Morgan fingerprint density at radius 3 is 1.48 bits per heavy atom.